The van der Waals surface area contributed by atoms with E-state index < -0.39 is 12.1 Å². The van der Waals surface area contributed by atoms with Gasteiger partial charge in [-0.2, -0.15) is 13.2 Å². The summed E-state index contributed by atoms with van der Waals surface area (Å²) in [6, 6.07) is 0. The fourth-order valence-electron chi connectivity index (χ4n) is 2.20. The third kappa shape index (κ3) is 5.66. The Kier molecular flexibility index (Phi) is 6.97. The lowest BCUT2D eigenvalue weighted by molar-refractivity contribution is -0.976. The van der Waals surface area contributed by atoms with Gasteiger partial charge in [-0.05, 0) is 27.7 Å². The van der Waals surface area contributed by atoms with E-state index in [0.29, 0.717) is 5.54 Å². The van der Waals surface area contributed by atoms with Crippen molar-refractivity contribution in [1.82, 2.24) is 0 Å². The topological polar surface area (TPSA) is 49.4 Å². The van der Waals surface area contributed by atoms with E-state index in [9.17, 15) is 13.2 Å². The maximum absolute atomic E-state index is 10.5. The molecule has 0 saturated carbocycles. The van der Waals surface area contributed by atoms with Crippen molar-refractivity contribution in [2.45, 2.75) is 52.3 Å². The van der Waals surface area contributed by atoms with Gasteiger partial charge in [-0.15, -0.1) is 0 Å². The van der Waals surface area contributed by atoms with Crippen LogP contribution in [-0.2, 0) is 9.53 Å². The van der Waals surface area contributed by atoms with Gasteiger partial charge in [0.15, 0.2) is 6.73 Å². The van der Waals surface area contributed by atoms with Gasteiger partial charge in [0, 0.05) is 19.4 Å². The molecule has 0 amide bonds. The highest BCUT2D eigenvalue weighted by molar-refractivity contribution is 5.70. The van der Waals surface area contributed by atoms with E-state index in [0.717, 1.165) is 17.8 Å². The molecule has 0 radical (unpaired) electrons. The van der Waals surface area contributed by atoms with E-state index in [1.165, 1.54) is 25.9 Å². The first-order chi connectivity index (χ1) is 8.96. The van der Waals surface area contributed by atoms with E-state index in [-0.39, 0.29) is 0 Å². The second-order valence-electron chi connectivity index (χ2n) is 5.88. The number of halogens is 3. The number of carboxylic acid groups (broad SMARTS) is 1. The van der Waals surface area contributed by atoms with Crippen LogP contribution in [-0.4, -0.2) is 48.6 Å². The number of rotatable bonds is 3. The Balaban J connectivity index is 0.000000441. The number of nitrogens with zero attached hydrogens (tertiary/aromatic N) is 1. The molecule has 0 aromatic carbocycles. The van der Waals surface area contributed by atoms with Crippen molar-refractivity contribution in [1.29, 1.82) is 0 Å². The largest absolute Gasteiger partial charge is 0.542 e. The lowest BCUT2D eigenvalue weighted by atomic mass is 10.0. The highest BCUT2D eigenvalue weighted by Crippen LogP contribution is 2.30. The zero-order valence-electron chi connectivity index (χ0n) is 12.5. The fourth-order valence-corrected chi connectivity index (χ4v) is 2.20. The number of ether oxygens (including phenoxy) is 1. The number of alkyl halides is 3. The van der Waals surface area contributed by atoms with Crippen LogP contribution in [0.1, 0.15) is 40.5 Å². The zero-order chi connectivity index (χ0) is 16.0. The van der Waals surface area contributed by atoms with Gasteiger partial charge in [-0.1, -0.05) is 0 Å². The van der Waals surface area contributed by atoms with Crippen LogP contribution in [0.4, 0.5) is 13.2 Å². The quantitative estimate of drug-likeness (QED) is 0.745. The summed E-state index contributed by atoms with van der Waals surface area (Å²) in [4.78, 5) is 8.78. The van der Waals surface area contributed by atoms with Gasteiger partial charge in [0.25, 0.3) is 0 Å². The van der Waals surface area contributed by atoms with Crippen LogP contribution < -0.4 is 5.11 Å². The van der Waals surface area contributed by atoms with Crippen molar-refractivity contribution in [2.75, 3.05) is 26.4 Å². The average molecular weight is 299 g/mol. The minimum atomic E-state index is -5.19. The highest BCUT2D eigenvalue weighted by Gasteiger charge is 2.42. The lowest BCUT2D eigenvalue weighted by Gasteiger charge is -2.45. The Morgan fingerprint density at radius 2 is 1.60 bits per heavy atom. The van der Waals surface area contributed by atoms with E-state index in [1.54, 1.807) is 0 Å². The lowest BCUT2D eigenvalue weighted by Crippen LogP contribution is -2.59. The summed E-state index contributed by atoms with van der Waals surface area (Å²) in [5.74, 6) is -3.01. The minimum Gasteiger partial charge on any atom is -0.542 e. The van der Waals surface area contributed by atoms with Crippen LogP contribution in [0.5, 0.6) is 0 Å². The number of likely N-dealkylation sites (tertiary alicyclic amines) is 1. The molecule has 120 valence electrons. The summed E-state index contributed by atoms with van der Waals surface area (Å²) in [7, 11) is 0. The summed E-state index contributed by atoms with van der Waals surface area (Å²) < 4.78 is 38.3. The molecule has 1 aliphatic rings. The molecular formula is C13H24F3NO3. The predicted molar refractivity (Wildman–Crippen MR) is 66.5 cm³/mol. The summed E-state index contributed by atoms with van der Waals surface area (Å²) in [6.45, 7) is 13.4. The van der Waals surface area contributed by atoms with Gasteiger partial charge in [0.2, 0.25) is 0 Å². The Labute approximate surface area is 118 Å². The van der Waals surface area contributed by atoms with Gasteiger partial charge < -0.3 is 14.6 Å². The number of hydrogen-bond donors (Lipinski definition) is 0. The molecule has 7 heteroatoms. The normalized spacial score (nSPS) is 18.4. The first-order valence-electron chi connectivity index (χ1n) is 6.68. The highest BCUT2D eigenvalue weighted by atomic mass is 19.4. The molecule has 1 rings (SSSR count). The third-order valence-corrected chi connectivity index (χ3v) is 3.62. The number of hydrogen-bond acceptors (Lipinski definition) is 3. The van der Waals surface area contributed by atoms with E-state index in [1.807, 2.05) is 0 Å². The molecule has 4 nitrogen and oxygen atoms in total. The van der Waals surface area contributed by atoms with Crippen molar-refractivity contribution in [3.63, 3.8) is 0 Å². The smallest absolute Gasteiger partial charge is 0.430 e. The number of carbonyl (C=O) groups is 1. The van der Waals surface area contributed by atoms with Crippen molar-refractivity contribution >= 4 is 5.97 Å². The standard InChI is InChI=1S/C11H24NO.C2HF3O2/c1-5-13-10-12(11(2,3)4)8-6-7-9-12;3-2(4,5)1(6)7/h5-10H2,1-4H3;(H,6,7)/q+1;/p-1. The molecule has 20 heavy (non-hydrogen) atoms. The molecule has 0 aromatic heterocycles. The van der Waals surface area contributed by atoms with Crippen molar-refractivity contribution in [2.24, 2.45) is 0 Å². The summed E-state index contributed by atoms with van der Waals surface area (Å²) in [5, 5.41) is 8.78. The van der Waals surface area contributed by atoms with Crippen molar-refractivity contribution < 1.29 is 32.3 Å². The van der Waals surface area contributed by atoms with Crippen LogP contribution in [0.3, 0.4) is 0 Å². The number of quaternary nitrogens is 1. The first-order valence-corrected chi connectivity index (χ1v) is 6.68. The summed E-state index contributed by atoms with van der Waals surface area (Å²) in [6.07, 6.45) is -2.46. The molecular weight excluding hydrogens is 275 g/mol. The van der Waals surface area contributed by atoms with E-state index in [2.05, 4.69) is 27.7 Å². The third-order valence-electron chi connectivity index (χ3n) is 3.62. The number of carboxylic acids is 1. The maximum atomic E-state index is 10.5. The second kappa shape index (κ2) is 7.26. The van der Waals surface area contributed by atoms with Crippen LogP contribution in [0.2, 0.25) is 0 Å². The van der Waals surface area contributed by atoms with Gasteiger partial charge >= 0.3 is 6.18 Å². The zero-order valence-corrected chi connectivity index (χ0v) is 12.5. The van der Waals surface area contributed by atoms with Gasteiger partial charge in [-0.25, -0.2) is 0 Å². The van der Waals surface area contributed by atoms with Crippen LogP contribution in [0.25, 0.3) is 0 Å². The Hall–Kier alpha value is -0.820. The molecule has 0 unspecified atom stereocenters. The second-order valence-corrected chi connectivity index (χ2v) is 5.88. The Morgan fingerprint density at radius 3 is 1.85 bits per heavy atom. The maximum Gasteiger partial charge on any atom is 0.430 e. The minimum absolute atomic E-state index is 0.339. The Bertz CT molecular complexity index is 305. The molecule has 0 atom stereocenters. The molecule has 0 aromatic rings. The molecule has 0 spiro atoms. The average Bonchev–Trinajstić information content (AvgIpc) is 2.75. The van der Waals surface area contributed by atoms with E-state index in [4.69, 9.17) is 14.6 Å². The molecule has 1 saturated heterocycles. The van der Waals surface area contributed by atoms with Crippen LogP contribution in [0.15, 0.2) is 0 Å². The molecule has 0 bridgehead atoms. The van der Waals surface area contributed by atoms with Crippen LogP contribution >= 0.6 is 0 Å². The van der Waals surface area contributed by atoms with Gasteiger partial charge in [0.05, 0.1) is 18.6 Å². The summed E-state index contributed by atoms with van der Waals surface area (Å²) in [5.41, 5.74) is 0.339. The van der Waals surface area contributed by atoms with Crippen LogP contribution in [0, 0.1) is 0 Å². The van der Waals surface area contributed by atoms with E-state index >= 15 is 0 Å². The molecule has 0 N–H and O–H groups in total. The molecule has 0 aliphatic carbocycles. The van der Waals surface area contributed by atoms with Gasteiger partial charge in [0.1, 0.15) is 5.97 Å². The summed E-state index contributed by atoms with van der Waals surface area (Å²) >= 11 is 0. The van der Waals surface area contributed by atoms with Gasteiger partial charge in [-0.3, -0.25) is 4.48 Å². The molecule has 1 heterocycles. The SMILES string of the molecule is CCOC[N+]1(C(C)(C)C)CCCC1.O=C([O-])C(F)(F)F. The predicted octanol–water partition coefficient (Wildman–Crippen LogP) is 1.69. The fraction of sp³-hybridized carbons (Fsp3) is 0.923. The molecule has 1 fully saturated rings. The number of aliphatic carboxylic acids is 1. The number of carbonyl (C=O) groups excluding carboxylic acids is 1. The monoisotopic (exact) mass is 299 g/mol. The molecule has 1 aliphatic heterocycles. The first kappa shape index (κ1) is 19.2. The van der Waals surface area contributed by atoms with Crippen molar-refractivity contribution in [3.05, 3.63) is 0 Å². The Morgan fingerprint density at radius 1 is 1.20 bits per heavy atom. The van der Waals surface area contributed by atoms with Crippen molar-refractivity contribution in [3.8, 4) is 0 Å².